The number of terminal acetylenes is 1. The molecule has 12 heavy (non-hydrogen) atoms. The molecule has 0 spiro atoms. The first-order valence-corrected chi connectivity index (χ1v) is 4.02. The largest absolute Gasteiger partial charge is 0.115 e. The van der Waals surface area contributed by atoms with Gasteiger partial charge in [0.1, 0.15) is 0 Å². The van der Waals surface area contributed by atoms with Crippen LogP contribution in [0.3, 0.4) is 0 Å². The Labute approximate surface area is 77.6 Å². The molecule has 0 amide bonds. The minimum absolute atomic E-state index is 0.358. The second-order valence-corrected chi connectivity index (χ2v) is 2.42. The standard InChI is InChI=1S/C11H7Cl/c1-2-10-5-7-11(8-6-10)4-3-9-12/h1,5-8H,9H2. The minimum atomic E-state index is 0.358. The van der Waals surface area contributed by atoms with Crippen molar-refractivity contribution in [2.75, 3.05) is 5.88 Å². The van der Waals surface area contributed by atoms with E-state index in [0.29, 0.717) is 5.88 Å². The number of benzene rings is 1. The van der Waals surface area contributed by atoms with Crippen LogP contribution in [-0.2, 0) is 0 Å². The maximum atomic E-state index is 5.40. The molecule has 0 unspecified atom stereocenters. The summed E-state index contributed by atoms with van der Waals surface area (Å²) in [5, 5.41) is 0. The summed E-state index contributed by atoms with van der Waals surface area (Å²) in [4.78, 5) is 0. The van der Waals surface area contributed by atoms with Gasteiger partial charge in [0.25, 0.3) is 0 Å². The molecule has 0 radical (unpaired) electrons. The van der Waals surface area contributed by atoms with Crippen LogP contribution < -0.4 is 0 Å². The Bertz CT molecular complexity index is 343. The fourth-order valence-corrected chi connectivity index (χ4v) is 0.852. The molecule has 0 heterocycles. The topological polar surface area (TPSA) is 0 Å². The lowest BCUT2D eigenvalue weighted by Crippen LogP contribution is -1.76. The third kappa shape index (κ3) is 2.35. The highest BCUT2D eigenvalue weighted by Gasteiger charge is 1.86. The normalized spacial score (nSPS) is 8.00. The van der Waals surface area contributed by atoms with Crippen LogP contribution in [0.25, 0.3) is 0 Å². The zero-order valence-corrected chi connectivity index (χ0v) is 7.23. The summed E-state index contributed by atoms with van der Waals surface area (Å²) in [5.74, 6) is 8.55. The fraction of sp³-hybridized carbons (Fsp3) is 0.0909. The lowest BCUT2D eigenvalue weighted by molar-refractivity contribution is 1.60. The third-order valence-corrected chi connectivity index (χ3v) is 1.48. The second-order valence-electron chi connectivity index (χ2n) is 2.16. The first kappa shape index (κ1) is 8.72. The van der Waals surface area contributed by atoms with Gasteiger partial charge in [-0.2, -0.15) is 0 Å². The molecule has 1 heteroatoms. The van der Waals surface area contributed by atoms with E-state index in [1.165, 1.54) is 0 Å². The van der Waals surface area contributed by atoms with Crippen molar-refractivity contribution < 1.29 is 0 Å². The summed E-state index contributed by atoms with van der Waals surface area (Å²) < 4.78 is 0. The Morgan fingerprint density at radius 2 is 1.75 bits per heavy atom. The van der Waals surface area contributed by atoms with Gasteiger partial charge >= 0.3 is 0 Å². The van der Waals surface area contributed by atoms with Gasteiger partial charge in [-0.05, 0) is 24.3 Å². The van der Waals surface area contributed by atoms with Gasteiger partial charge in [0.2, 0.25) is 0 Å². The maximum Gasteiger partial charge on any atom is 0.0839 e. The van der Waals surface area contributed by atoms with Crippen molar-refractivity contribution >= 4 is 11.6 Å². The predicted octanol–water partition coefficient (Wildman–Crippen LogP) is 2.26. The minimum Gasteiger partial charge on any atom is -0.115 e. The van der Waals surface area contributed by atoms with Crippen LogP contribution in [0.15, 0.2) is 24.3 Å². The number of halogens is 1. The summed E-state index contributed by atoms with van der Waals surface area (Å²) in [7, 11) is 0. The molecule has 0 N–H and O–H groups in total. The van der Waals surface area contributed by atoms with Crippen LogP contribution in [0.5, 0.6) is 0 Å². The lowest BCUT2D eigenvalue weighted by Gasteiger charge is -1.90. The summed E-state index contributed by atoms with van der Waals surface area (Å²) in [6.07, 6.45) is 5.19. The van der Waals surface area contributed by atoms with E-state index in [9.17, 15) is 0 Å². The van der Waals surface area contributed by atoms with Crippen molar-refractivity contribution in [3.05, 3.63) is 35.4 Å². The average Bonchev–Trinajstić information content (AvgIpc) is 2.15. The van der Waals surface area contributed by atoms with Gasteiger partial charge in [-0.25, -0.2) is 0 Å². The molecule has 0 aliphatic heterocycles. The molecule has 1 rings (SSSR count). The maximum absolute atomic E-state index is 5.40. The van der Waals surface area contributed by atoms with Crippen molar-refractivity contribution in [2.24, 2.45) is 0 Å². The number of rotatable bonds is 0. The predicted molar refractivity (Wildman–Crippen MR) is 52.0 cm³/mol. The number of alkyl halides is 1. The van der Waals surface area contributed by atoms with Crippen molar-refractivity contribution in [1.29, 1.82) is 0 Å². The number of hydrogen-bond acceptors (Lipinski definition) is 0. The summed E-state index contributed by atoms with van der Waals surface area (Å²) in [6, 6.07) is 7.49. The molecule has 1 aromatic carbocycles. The van der Waals surface area contributed by atoms with Crippen LogP contribution >= 0.6 is 11.6 Å². The van der Waals surface area contributed by atoms with E-state index < -0.39 is 0 Å². The van der Waals surface area contributed by atoms with E-state index in [0.717, 1.165) is 11.1 Å². The highest BCUT2D eigenvalue weighted by Crippen LogP contribution is 2.00. The zero-order valence-electron chi connectivity index (χ0n) is 6.47. The molecule has 58 valence electrons. The summed E-state index contributed by atoms with van der Waals surface area (Å²) in [5.41, 5.74) is 1.81. The molecule has 0 aliphatic rings. The zero-order chi connectivity index (χ0) is 8.81. The first-order chi connectivity index (χ1) is 5.86. The molecular weight excluding hydrogens is 168 g/mol. The lowest BCUT2D eigenvalue weighted by atomic mass is 10.1. The average molecular weight is 175 g/mol. The molecule has 0 bridgehead atoms. The van der Waals surface area contributed by atoms with Crippen molar-refractivity contribution in [3.8, 4) is 24.2 Å². The molecule has 0 aliphatic carbocycles. The van der Waals surface area contributed by atoms with E-state index in [2.05, 4.69) is 17.8 Å². The number of hydrogen-bond donors (Lipinski definition) is 0. The van der Waals surface area contributed by atoms with Crippen LogP contribution in [0.2, 0.25) is 0 Å². The smallest absolute Gasteiger partial charge is 0.0839 e. The van der Waals surface area contributed by atoms with Gasteiger partial charge in [-0.15, -0.1) is 18.0 Å². The Morgan fingerprint density at radius 3 is 2.25 bits per heavy atom. The molecule has 1 aromatic rings. The van der Waals surface area contributed by atoms with Gasteiger partial charge in [-0.1, -0.05) is 17.8 Å². The molecule has 0 fully saturated rings. The second kappa shape index (κ2) is 4.50. The molecule has 0 saturated carbocycles. The Morgan fingerprint density at radius 1 is 1.17 bits per heavy atom. The highest BCUT2D eigenvalue weighted by molar-refractivity contribution is 6.19. The van der Waals surface area contributed by atoms with Crippen LogP contribution in [0.1, 0.15) is 11.1 Å². The first-order valence-electron chi connectivity index (χ1n) is 3.48. The molecule has 0 aromatic heterocycles. The molecule has 0 saturated heterocycles. The van der Waals surface area contributed by atoms with E-state index in [4.69, 9.17) is 18.0 Å². The van der Waals surface area contributed by atoms with Gasteiger partial charge in [0.15, 0.2) is 0 Å². The van der Waals surface area contributed by atoms with Crippen molar-refractivity contribution in [1.82, 2.24) is 0 Å². The van der Waals surface area contributed by atoms with Crippen LogP contribution in [0.4, 0.5) is 0 Å². The fourth-order valence-electron chi connectivity index (χ4n) is 0.785. The highest BCUT2D eigenvalue weighted by atomic mass is 35.5. The monoisotopic (exact) mass is 174 g/mol. The van der Waals surface area contributed by atoms with Crippen molar-refractivity contribution in [3.63, 3.8) is 0 Å². The Balaban J connectivity index is 2.87. The molecule has 0 atom stereocenters. The molecule has 0 nitrogen and oxygen atoms in total. The summed E-state index contributed by atoms with van der Waals surface area (Å²) in [6.45, 7) is 0. The van der Waals surface area contributed by atoms with E-state index >= 15 is 0 Å². The van der Waals surface area contributed by atoms with Crippen molar-refractivity contribution in [2.45, 2.75) is 0 Å². The van der Waals surface area contributed by atoms with Crippen LogP contribution in [-0.4, -0.2) is 5.88 Å². The van der Waals surface area contributed by atoms with Gasteiger partial charge in [0, 0.05) is 11.1 Å². The van der Waals surface area contributed by atoms with Gasteiger partial charge in [0.05, 0.1) is 5.88 Å². The van der Waals surface area contributed by atoms with E-state index in [-0.39, 0.29) is 0 Å². The Hall–Kier alpha value is -1.37. The Kier molecular flexibility index (Phi) is 3.27. The van der Waals surface area contributed by atoms with E-state index in [1.807, 2.05) is 24.3 Å². The third-order valence-electron chi connectivity index (χ3n) is 1.35. The SMILES string of the molecule is C#Cc1ccc(C#CCCl)cc1. The van der Waals surface area contributed by atoms with Crippen LogP contribution in [0, 0.1) is 24.2 Å². The van der Waals surface area contributed by atoms with Gasteiger partial charge < -0.3 is 0 Å². The quantitative estimate of drug-likeness (QED) is 0.418. The van der Waals surface area contributed by atoms with Gasteiger partial charge in [-0.3, -0.25) is 0 Å². The summed E-state index contributed by atoms with van der Waals surface area (Å²) >= 11 is 5.40. The van der Waals surface area contributed by atoms with E-state index in [1.54, 1.807) is 0 Å². The molecular formula is C11H7Cl.